The Bertz CT molecular complexity index is 1320. The number of nitrogens with one attached hydrogen (secondary N) is 4. The summed E-state index contributed by atoms with van der Waals surface area (Å²) in [6.07, 6.45) is -0.738. The molecule has 5 atom stereocenters. The zero-order valence-corrected chi connectivity index (χ0v) is 28.8. The predicted molar refractivity (Wildman–Crippen MR) is 173 cm³/mol. The molecule has 1 saturated carbocycles. The van der Waals surface area contributed by atoms with Crippen molar-refractivity contribution < 1.29 is 45.6 Å². The summed E-state index contributed by atoms with van der Waals surface area (Å²) in [4.78, 5) is 67.4. The molecule has 1 heterocycles. The molecule has 0 aromatic heterocycles. The van der Waals surface area contributed by atoms with Crippen LogP contribution in [0.5, 0.6) is 0 Å². The normalized spacial score (nSPS) is 20.7. The van der Waals surface area contributed by atoms with E-state index in [1.807, 2.05) is 0 Å². The van der Waals surface area contributed by atoms with Crippen LogP contribution in [0.1, 0.15) is 65.2 Å². The lowest BCUT2D eigenvalue weighted by atomic mass is 9.83. The van der Waals surface area contributed by atoms with Gasteiger partial charge in [-0.1, -0.05) is 44.4 Å². The van der Waals surface area contributed by atoms with Gasteiger partial charge in [0.15, 0.2) is 0 Å². The topological polar surface area (TPSA) is 174 Å². The fraction of sp³-hybridized carbons (Fsp3) is 0.710. The van der Waals surface area contributed by atoms with Crippen molar-refractivity contribution in [1.29, 1.82) is 0 Å². The molecule has 0 aromatic carbocycles. The summed E-state index contributed by atoms with van der Waals surface area (Å²) < 4.78 is 64.2. The third kappa shape index (κ3) is 12.5. The molecule has 1 aliphatic carbocycles. The summed E-state index contributed by atoms with van der Waals surface area (Å²) in [5.74, 6) is -4.38. The summed E-state index contributed by atoms with van der Waals surface area (Å²) in [6.45, 7) is 10.5. The molecule has 4 N–H and O–H groups in total. The van der Waals surface area contributed by atoms with Crippen LogP contribution < -0.4 is 21.3 Å². The Hall–Kier alpha value is -3.47. The van der Waals surface area contributed by atoms with Gasteiger partial charge in [0.2, 0.25) is 27.6 Å². The maximum absolute atomic E-state index is 14.2. The van der Waals surface area contributed by atoms with E-state index in [1.165, 1.54) is 18.0 Å². The molecule has 2 fully saturated rings. The molecule has 272 valence electrons. The van der Waals surface area contributed by atoms with Crippen molar-refractivity contribution in [2.45, 2.75) is 95.6 Å². The Morgan fingerprint density at radius 3 is 2.21 bits per heavy atom. The van der Waals surface area contributed by atoms with Crippen molar-refractivity contribution in [2.75, 3.05) is 32.9 Å². The fourth-order valence-electron chi connectivity index (χ4n) is 5.88. The van der Waals surface area contributed by atoms with Crippen LogP contribution in [0, 0.1) is 11.8 Å². The number of sulfonamides is 1. The number of ketones is 1. The second-order valence-electron chi connectivity index (χ2n) is 12.9. The highest BCUT2D eigenvalue weighted by Gasteiger charge is 2.44. The van der Waals surface area contributed by atoms with Gasteiger partial charge in [-0.2, -0.15) is 13.2 Å². The quantitative estimate of drug-likeness (QED) is 0.140. The van der Waals surface area contributed by atoms with Gasteiger partial charge in [-0.15, -0.1) is 6.58 Å². The van der Waals surface area contributed by atoms with E-state index in [0.29, 0.717) is 18.4 Å². The van der Waals surface area contributed by atoms with Crippen molar-refractivity contribution in [3.05, 3.63) is 24.8 Å². The highest BCUT2D eigenvalue weighted by molar-refractivity contribution is 7.88. The van der Waals surface area contributed by atoms with Crippen molar-refractivity contribution in [3.8, 4) is 0 Å². The number of hydrogen-bond acceptors (Lipinski definition) is 7. The number of alkyl halides is 3. The maximum Gasteiger partial charge on any atom is 0.389 e. The third-order valence-electron chi connectivity index (χ3n) is 8.66. The predicted octanol–water partition coefficient (Wildman–Crippen LogP) is 2.01. The number of carbonyl (C=O) groups excluding carboxylic acids is 5. The van der Waals surface area contributed by atoms with Gasteiger partial charge in [0.1, 0.15) is 12.1 Å². The van der Waals surface area contributed by atoms with Crippen LogP contribution in [0.25, 0.3) is 0 Å². The van der Waals surface area contributed by atoms with Crippen molar-refractivity contribution >= 4 is 39.6 Å². The largest absolute Gasteiger partial charge is 0.389 e. The summed E-state index contributed by atoms with van der Waals surface area (Å²) in [5, 5.41) is 9.93. The van der Waals surface area contributed by atoms with Gasteiger partial charge in [0.05, 0.1) is 18.3 Å². The van der Waals surface area contributed by atoms with Gasteiger partial charge >= 0.3 is 12.2 Å². The number of carbonyl (C=O) groups is 5. The number of halogens is 3. The minimum Gasteiger partial charge on any atom is -0.346 e. The van der Waals surface area contributed by atoms with Gasteiger partial charge in [0, 0.05) is 33.1 Å². The molecule has 0 spiro atoms. The molecule has 0 radical (unpaired) electrons. The summed E-state index contributed by atoms with van der Waals surface area (Å²) >= 11 is 0. The van der Waals surface area contributed by atoms with E-state index >= 15 is 0 Å². The van der Waals surface area contributed by atoms with E-state index in [4.69, 9.17) is 0 Å². The Balaban J connectivity index is 2.31. The van der Waals surface area contributed by atoms with E-state index in [2.05, 4.69) is 34.4 Å². The molecule has 48 heavy (non-hydrogen) atoms. The summed E-state index contributed by atoms with van der Waals surface area (Å²) in [7, 11) is -2.21. The average molecular weight is 707 g/mol. The molecular weight excluding hydrogens is 657 g/mol. The molecule has 13 nitrogen and oxygen atoms in total. The third-order valence-corrected chi connectivity index (χ3v) is 9.94. The number of likely N-dealkylation sites (N-methyl/N-ethyl adjacent to an activating group) is 1. The van der Waals surface area contributed by atoms with Gasteiger partial charge in [-0.3, -0.25) is 19.2 Å². The van der Waals surface area contributed by atoms with Crippen molar-refractivity contribution in [3.63, 3.8) is 0 Å². The summed E-state index contributed by atoms with van der Waals surface area (Å²) in [5.41, 5.74) is 0.471. The van der Waals surface area contributed by atoms with Crippen LogP contribution >= 0.6 is 0 Å². The number of rotatable bonds is 16. The van der Waals surface area contributed by atoms with Crippen molar-refractivity contribution in [2.24, 2.45) is 11.8 Å². The standard InChI is InChI=1S/C31H49F3N6O7S/c1-7-15-35-28(43)26(41)22(13-14-31(32,33)34)36-27(42)24-16-20(4)17-40(24)29(44)25(21-11-9-8-10-12-21)38-30(45)37-23(19(2)3)18-39(5)48(6,46)47/h7,20-25H,1-2,8-18H2,3-6H3,(H,35,43)(H,36,42)(H2,37,38,45)/t20-,22?,23-,24+,25+/m1/s1. The number of Topliss-reactive ketones (excluding diaryl/α,β-unsaturated/α-hetero) is 1. The number of nitrogens with zero attached hydrogens (tertiary/aromatic N) is 2. The molecule has 2 aliphatic rings. The van der Waals surface area contributed by atoms with Gasteiger partial charge in [-0.05, 0) is 44.4 Å². The minimum atomic E-state index is -4.66. The maximum atomic E-state index is 14.2. The highest BCUT2D eigenvalue weighted by Crippen LogP contribution is 2.31. The van der Waals surface area contributed by atoms with Gasteiger partial charge in [-0.25, -0.2) is 17.5 Å². The Morgan fingerprint density at radius 1 is 1.04 bits per heavy atom. The average Bonchev–Trinajstić information content (AvgIpc) is 3.40. The van der Waals surface area contributed by atoms with Gasteiger partial charge in [0.25, 0.3) is 5.91 Å². The molecule has 5 amide bonds. The second kappa shape index (κ2) is 17.8. The van der Waals surface area contributed by atoms with E-state index in [0.717, 1.165) is 29.8 Å². The molecule has 1 unspecified atom stereocenters. The molecule has 17 heteroatoms. The van der Waals surface area contributed by atoms with Crippen LogP contribution in [0.2, 0.25) is 0 Å². The Kier molecular flexibility index (Phi) is 15.1. The lowest BCUT2D eigenvalue weighted by molar-refractivity contribution is -0.147. The molecule has 0 bridgehead atoms. The van der Waals surface area contributed by atoms with Crippen LogP contribution in [0.15, 0.2) is 24.8 Å². The Labute approximate surface area is 280 Å². The van der Waals surface area contributed by atoms with Crippen LogP contribution in [-0.4, -0.2) is 110 Å². The zero-order valence-electron chi connectivity index (χ0n) is 28.0. The molecule has 2 rings (SSSR count). The van der Waals surface area contributed by atoms with E-state index in [9.17, 15) is 45.6 Å². The smallest absolute Gasteiger partial charge is 0.346 e. The molecule has 1 aliphatic heterocycles. The fourth-order valence-corrected chi connectivity index (χ4v) is 6.30. The van der Waals surface area contributed by atoms with Crippen LogP contribution in [0.3, 0.4) is 0 Å². The zero-order chi connectivity index (χ0) is 36.4. The van der Waals surface area contributed by atoms with E-state index in [1.54, 1.807) is 13.8 Å². The van der Waals surface area contributed by atoms with E-state index < -0.39 is 82.7 Å². The number of amides is 5. The first-order chi connectivity index (χ1) is 22.2. The lowest BCUT2D eigenvalue weighted by Gasteiger charge is -2.35. The first-order valence-electron chi connectivity index (χ1n) is 16.0. The molecule has 0 aromatic rings. The highest BCUT2D eigenvalue weighted by atomic mass is 32.2. The van der Waals surface area contributed by atoms with Gasteiger partial charge < -0.3 is 26.2 Å². The second-order valence-corrected chi connectivity index (χ2v) is 15.0. The first kappa shape index (κ1) is 40.7. The van der Waals surface area contributed by atoms with Crippen LogP contribution in [0.4, 0.5) is 18.0 Å². The molecule has 1 saturated heterocycles. The number of hydrogen-bond donors (Lipinski definition) is 4. The summed E-state index contributed by atoms with van der Waals surface area (Å²) in [6, 6.07) is -5.57. The number of urea groups is 1. The van der Waals surface area contributed by atoms with Crippen LogP contribution in [-0.2, 0) is 29.2 Å². The Morgan fingerprint density at radius 2 is 1.67 bits per heavy atom. The van der Waals surface area contributed by atoms with Crippen molar-refractivity contribution in [1.82, 2.24) is 30.5 Å². The number of likely N-dealkylation sites (tertiary alicyclic amines) is 1. The monoisotopic (exact) mass is 706 g/mol. The SMILES string of the molecule is C=CCNC(=O)C(=O)C(CCC(F)(F)F)NC(=O)[C@@H]1C[C@@H](C)CN1C(=O)[C@@H](NC(=O)N[C@H](CN(C)S(C)(=O)=O)C(=C)C)C1CCCCC1. The first-order valence-corrected chi connectivity index (χ1v) is 17.8. The lowest BCUT2D eigenvalue weighted by Crippen LogP contribution is -2.60. The molecular formula is C31H49F3N6O7S. The van der Waals surface area contributed by atoms with E-state index in [-0.39, 0.29) is 37.9 Å². The minimum absolute atomic E-state index is 0.102.